The number of nitrogens with one attached hydrogen (secondary N) is 1. The zero-order valence-electron chi connectivity index (χ0n) is 11.5. The molecule has 0 aromatic heterocycles. The topological polar surface area (TPSA) is 66.5 Å². The summed E-state index contributed by atoms with van der Waals surface area (Å²) in [6.45, 7) is 0.288. The Bertz CT molecular complexity index is 631. The number of sulfone groups is 1. The van der Waals surface area contributed by atoms with Crippen molar-refractivity contribution in [1.82, 2.24) is 10.2 Å². The van der Waals surface area contributed by atoms with E-state index in [9.17, 15) is 13.2 Å². The Hall–Kier alpha value is -1.11. The maximum absolute atomic E-state index is 12.2. The largest absolute Gasteiger partial charge is 0.319 e. The summed E-state index contributed by atoms with van der Waals surface area (Å²) >= 11 is 5.90. The molecular formula is C14H17ClN2O3S. The molecule has 1 aromatic carbocycles. The summed E-state index contributed by atoms with van der Waals surface area (Å²) in [5.41, 5.74) is 0.971. The SMILES string of the molecule is O=C1CNC(c2ccc(Cl)cc2)N1C1CCS(=O)(=O)CC1. The van der Waals surface area contributed by atoms with Crippen LogP contribution in [-0.2, 0) is 14.6 Å². The van der Waals surface area contributed by atoms with Crippen LogP contribution < -0.4 is 5.32 Å². The molecule has 2 fully saturated rings. The van der Waals surface area contributed by atoms with Gasteiger partial charge in [0.2, 0.25) is 5.91 Å². The number of carbonyl (C=O) groups is 1. The highest BCUT2D eigenvalue weighted by Crippen LogP contribution is 2.30. The number of halogens is 1. The summed E-state index contributed by atoms with van der Waals surface area (Å²) in [7, 11) is -2.93. The van der Waals surface area contributed by atoms with Gasteiger partial charge in [-0.2, -0.15) is 0 Å². The average Bonchev–Trinajstić information content (AvgIpc) is 2.82. The Kier molecular flexibility index (Phi) is 3.94. The summed E-state index contributed by atoms with van der Waals surface area (Å²) in [5.74, 6) is 0.350. The smallest absolute Gasteiger partial charge is 0.238 e. The van der Waals surface area contributed by atoms with Crippen LogP contribution >= 0.6 is 11.6 Å². The standard InChI is InChI=1S/C14H17ClN2O3S/c15-11-3-1-10(2-4-11)14-16-9-13(18)17(14)12-5-7-21(19,20)8-6-12/h1-4,12,14,16H,5-9H2. The van der Waals surface area contributed by atoms with Gasteiger partial charge in [-0.25, -0.2) is 8.42 Å². The first-order valence-corrected chi connectivity index (χ1v) is 9.17. The van der Waals surface area contributed by atoms with Gasteiger partial charge in [-0.15, -0.1) is 0 Å². The second-order valence-corrected chi connectivity index (χ2v) is 8.26. The van der Waals surface area contributed by atoms with Gasteiger partial charge >= 0.3 is 0 Å². The third-order valence-electron chi connectivity index (χ3n) is 4.12. The quantitative estimate of drug-likeness (QED) is 0.890. The average molecular weight is 329 g/mol. The van der Waals surface area contributed by atoms with Gasteiger partial charge in [0.1, 0.15) is 16.0 Å². The molecule has 7 heteroatoms. The normalized spacial score (nSPS) is 26.2. The van der Waals surface area contributed by atoms with E-state index >= 15 is 0 Å². The first kappa shape index (κ1) is 14.8. The summed E-state index contributed by atoms with van der Waals surface area (Å²) in [5, 5.41) is 3.85. The molecular weight excluding hydrogens is 312 g/mol. The van der Waals surface area contributed by atoms with Crippen LogP contribution in [-0.4, -0.2) is 43.3 Å². The third-order valence-corrected chi connectivity index (χ3v) is 6.08. The van der Waals surface area contributed by atoms with Gasteiger partial charge in [-0.1, -0.05) is 23.7 Å². The van der Waals surface area contributed by atoms with Gasteiger partial charge in [-0.3, -0.25) is 10.1 Å². The molecule has 0 radical (unpaired) electrons. The predicted octanol–water partition coefficient (Wildman–Crippen LogP) is 1.35. The molecule has 0 aliphatic carbocycles. The van der Waals surface area contributed by atoms with Crippen LogP contribution in [0.1, 0.15) is 24.6 Å². The second-order valence-electron chi connectivity index (χ2n) is 5.52. The molecule has 5 nitrogen and oxygen atoms in total. The van der Waals surface area contributed by atoms with Gasteiger partial charge in [0.15, 0.2) is 0 Å². The molecule has 1 aromatic rings. The third kappa shape index (κ3) is 3.07. The highest BCUT2D eigenvalue weighted by molar-refractivity contribution is 7.91. The van der Waals surface area contributed by atoms with E-state index in [1.165, 1.54) is 0 Å². The molecule has 21 heavy (non-hydrogen) atoms. The fraction of sp³-hybridized carbons (Fsp3) is 0.500. The number of amides is 1. The van der Waals surface area contributed by atoms with Crippen molar-refractivity contribution < 1.29 is 13.2 Å². The molecule has 1 unspecified atom stereocenters. The predicted molar refractivity (Wildman–Crippen MR) is 80.7 cm³/mol. The fourth-order valence-electron chi connectivity index (χ4n) is 3.01. The molecule has 1 atom stereocenters. The monoisotopic (exact) mass is 328 g/mol. The lowest BCUT2D eigenvalue weighted by Gasteiger charge is -2.35. The van der Waals surface area contributed by atoms with Crippen molar-refractivity contribution in [1.29, 1.82) is 0 Å². The molecule has 0 saturated carbocycles. The molecule has 114 valence electrons. The van der Waals surface area contributed by atoms with Gasteiger partial charge in [0.05, 0.1) is 18.1 Å². The molecule has 2 aliphatic rings. The highest BCUT2D eigenvalue weighted by atomic mass is 35.5. The Morgan fingerprint density at radius 3 is 2.38 bits per heavy atom. The Morgan fingerprint density at radius 1 is 1.14 bits per heavy atom. The van der Waals surface area contributed by atoms with Crippen LogP contribution in [0, 0.1) is 0 Å². The van der Waals surface area contributed by atoms with E-state index in [4.69, 9.17) is 11.6 Å². The van der Waals surface area contributed by atoms with Gasteiger partial charge in [-0.05, 0) is 30.5 Å². The highest BCUT2D eigenvalue weighted by Gasteiger charge is 2.39. The van der Waals surface area contributed by atoms with Crippen molar-refractivity contribution in [2.75, 3.05) is 18.1 Å². The maximum Gasteiger partial charge on any atom is 0.238 e. The molecule has 0 bridgehead atoms. The van der Waals surface area contributed by atoms with Crippen molar-refractivity contribution in [3.8, 4) is 0 Å². The summed E-state index contributed by atoms with van der Waals surface area (Å²) in [6, 6.07) is 7.36. The number of rotatable bonds is 2. The second kappa shape index (κ2) is 5.59. The first-order valence-electron chi connectivity index (χ1n) is 6.97. The lowest BCUT2D eigenvalue weighted by Crippen LogP contribution is -2.44. The molecule has 2 aliphatic heterocycles. The van der Waals surface area contributed by atoms with E-state index in [1.807, 2.05) is 12.1 Å². The van der Waals surface area contributed by atoms with Crippen LogP contribution in [0.2, 0.25) is 5.02 Å². The van der Waals surface area contributed by atoms with Crippen LogP contribution in [0.15, 0.2) is 24.3 Å². The van der Waals surface area contributed by atoms with Crippen molar-refractivity contribution in [2.45, 2.75) is 25.0 Å². The minimum absolute atomic E-state index is 0.0169. The van der Waals surface area contributed by atoms with Gasteiger partial charge in [0.25, 0.3) is 0 Å². The van der Waals surface area contributed by atoms with E-state index < -0.39 is 9.84 Å². The van der Waals surface area contributed by atoms with E-state index in [0.29, 0.717) is 17.9 Å². The van der Waals surface area contributed by atoms with Crippen molar-refractivity contribution in [2.24, 2.45) is 0 Å². The zero-order chi connectivity index (χ0) is 15.0. The lowest BCUT2D eigenvalue weighted by molar-refractivity contribution is -0.130. The van der Waals surface area contributed by atoms with Crippen molar-refractivity contribution in [3.63, 3.8) is 0 Å². The molecule has 1 N–H and O–H groups in total. The zero-order valence-corrected chi connectivity index (χ0v) is 13.0. The molecule has 2 heterocycles. The van der Waals surface area contributed by atoms with Crippen LogP contribution in [0.5, 0.6) is 0 Å². The minimum atomic E-state index is -2.93. The fourth-order valence-corrected chi connectivity index (χ4v) is 4.60. The van der Waals surface area contributed by atoms with Crippen LogP contribution in [0.4, 0.5) is 0 Å². The van der Waals surface area contributed by atoms with E-state index in [-0.39, 0.29) is 36.2 Å². The van der Waals surface area contributed by atoms with Crippen LogP contribution in [0.3, 0.4) is 0 Å². The molecule has 3 rings (SSSR count). The summed E-state index contributed by atoms with van der Waals surface area (Å²) < 4.78 is 23.1. The number of carbonyl (C=O) groups excluding carboxylic acids is 1. The molecule has 0 spiro atoms. The van der Waals surface area contributed by atoms with Crippen molar-refractivity contribution in [3.05, 3.63) is 34.9 Å². The number of hydrogen-bond donors (Lipinski definition) is 1. The lowest BCUT2D eigenvalue weighted by atomic mass is 10.1. The van der Waals surface area contributed by atoms with Crippen molar-refractivity contribution >= 4 is 27.3 Å². The van der Waals surface area contributed by atoms with E-state index in [0.717, 1.165) is 5.56 Å². The van der Waals surface area contributed by atoms with E-state index in [1.54, 1.807) is 17.0 Å². The first-order chi connectivity index (χ1) is 9.96. The minimum Gasteiger partial charge on any atom is -0.319 e. The Balaban J connectivity index is 1.81. The van der Waals surface area contributed by atoms with Crippen LogP contribution in [0.25, 0.3) is 0 Å². The Morgan fingerprint density at radius 2 is 1.76 bits per heavy atom. The number of nitrogens with zero attached hydrogens (tertiary/aromatic N) is 1. The summed E-state index contributed by atoms with van der Waals surface area (Å²) in [4.78, 5) is 14.0. The Labute approximate surface area is 129 Å². The number of benzene rings is 1. The maximum atomic E-state index is 12.2. The number of hydrogen-bond acceptors (Lipinski definition) is 4. The summed E-state index contributed by atoms with van der Waals surface area (Å²) in [6.07, 6.45) is 0.834. The van der Waals surface area contributed by atoms with Gasteiger partial charge in [0, 0.05) is 11.1 Å². The van der Waals surface area contributed by atoms with Gasteiger partial charge < -0.3 is 4.90 Å². The molecule has 1 amide bonds. The molecule has 2 saturated heterocycles. The van der Waals surface area contributed by atoms with E-state index in [2.05, 4.69) is 5.32 Å².